The Labute approximate surface area is 76.2 Å². The van der Waals surface area contributed by atoms with Crippen LogP contribution in [0, 0.1) is 0 Å². The van der Waals surface area contributed by atoms with Crippen molar-refractivity contribution in [3.8, 4) is 5.75 Å². The summed E-state index contributed by atoms with van der Waals surface area (Å²) in [5.41, 5.74) is 5.44. The summed E-state index contributed by atoms with van der Waals surface area (Å²) in [5, 5.41) is 9.95. The maximum atomic E-state index is 11.2. The van der Waals surface area contributed by atoms with Gasteiger partial charge in [0.25, 0.3) is 0 Å². The van der Waals surface area contributed by atoms with E-state index in [0.29, 0.717) is 0 Å². The SMILES string of the molecule is C=CS(=O)(=O)c1ccc(N)c(O)c1. The highest BCUT2D eigenvalue weighted by Crippen LogP contribution is 2.24. The number of benzene rings is 1. The van der Waals surface area contributed by atoms with E-state index in [1.807, 2.05) is 0 Å². The third kappa shape index (κ3) is 1.81. The highest BCUT2D eigenvalue weighted by Gasteiger charge is 2.10. The molecule has 0 atom stereocenters. The van der Waals surface area contributed by atoms with Crippen LogP contribution in [0.4, 0.5) is 5.69 Å². The number of nitrogens with two attached hydrogens (primary N) is 1. The van der Waals surface area contributed by atoms with Crippen molar-refractivity contribution in [2.45, 2.75) is 4.90 Å². The topological polar surface area (TPSA) is 80.4 Å². The summed E-state index contributed by atoms with van der Waals surface area (Å²) in [6, 6.07) is 3.73. The first-order valence-electron chi connectivity index (χ1n) is 3.43. The van der Waals surface area contributed by atoms with Crippen LogP contribution in [0.1, 0.15) is 0 Å². The van der Waals surface area contributed by atoms with Crippen molar-refractivity contribution in [3.63, 3.8) is 0 Å². The molecule has 70 valence electrons. The quantitative estimate of drug-likeness (QED) is 0.547. The molecule has 5 heteroatoms. The zero-order valence-electron chi connectivity index (χ0n) is 6.77. The molecule has 0 radical (unpaired) electrons. The fourth-order valence-corrected chi connectivity index (χ4v) is 1.52. The molecule has 0 fully saturated rings. The van der Waals surface area contributed by atoms with E-state index in [1.54, 1.807) is 0 Å². The number of anilines is 1. The number of nitrogen functional groups attached to an aromatic ring is 1. The largest absolute Gasteiger partial charge is 0.506 e. The average Bonchev–Trinajstić information content (AvgIpc) is 2.09. The lowest BCUT2D eigenvalue weighted by molar-refractivity contribution is 0.476. The van der Waals surface area contributed by atoms with Crippen molar-refractivity contribution < 1.29 is 13.5 Å². The van der Waals surface area contributed by atoms with Gasteiger partial charge in [0.15, 0.2) is 9.84 Å². The molecular weight excluding hydrogens is 190 g/mol. The second-order valence-corrected chi connectivity index (χ2v) is 4.33. The number of sulfone groups is 1. The molecule has 4 nitrogen and oxygen atoms in total. The molecule has 0 aliphatic heterocycles. The number of aromatic hydroxyl groups is 1. The van der Waals surface area contributed by atoms with Gasteiger partial charge in [-0.05, 0) is 12.1 Å². The molecule has 0 aliphatic rings. The van der Waals surface area contributed by atoms with Gasteiger partial charge in [0.05, 0.1) is 10.6 Å². The van der Waals surface area contributed by atoms with Gasteiger partial charge in [-0.2, -0.15) is 0 Å². The number of rotatable bonds is 2. The van der Waals surface area contributed by atoms with Gasteiger partial charge >= 0.3 is 0 Å². The fraction of sp³-hybridized carbons (Fsp3) is 0. The first kappa shape index (κ1) is 9.60. The van der Waals surface area contributed by atoms with Gasteiger partial charge in [-0.3, -0.25) is 0 Å². The Kier molecular flexibility index (Phi) is 2.29. The molecule has 0 bridgehead atoms. The maximum absolute atomic E-state index is 11.2. The van der Waals surface area contributed by atoms with Crippen LogP contribution in [0.25, 0.3) is 0 Å². The Morgan fingerprint density at radius 3 is 2.54 bits per heavy atom. The summed E-state index contributed by atoms with van der Waals surface area (Å²) >= 11 is 0. The lowest BCUT2D eigenvalue weighted by atomic mass is 10.3. The molecule has 3 N–H and O–H groups in total. The van der Waals surface area contributed by atoms with Crippen molar-refractivity contribution in [3.05, 3.63) is 30.2 Å². The Morgan fingerprint density at radius 1 is 1.46 bits per heavy atom. The van der Waals surface area contributed by atoms with Gasteiger partial charge in [0.1, 0.15) is 5.75 Å². The molecule has 0 unspecified atom stereocenters. The van der Waals surface area contributed by atoms with E-state index in [2.05, 4.69) is 6.58 Å². The number of hydrogen-bond donors (Lipinski definition) is 2. The second-order valence-electron chi connectivity index (χ2n) is 2.43. The molecule has 0 aromatic heterocycles. The highest BCUT2D eigenvalue weighted by molar-refractivity contribution is 7.94. The minimum Gasteiger partial charge on any atom is -0.506 e. The molecule has 0 saturated heterocycles. The zero-order valence-corrected chi connectivity index (χ0v) is 7.58. The monoisotopic (exact) mass is 199 g/mol. The molecule has 13 heavy (non-hydrogen) atoms. The van der Waals surface area contributed by atoms with Gasteiger partial charge in [-0.25, -0.2) is 8.42 Å². The normalized spacial score (nSPS) is 11.1. The van der Waals surface area contributed by atoms with Crippen LogP contribution in [0.3, 0.4) is 0 Å². The minimum absolute atomic E-state index is 0.0193. The first-order chi connectivity index (χ1) is 5.97. The lowest BCUT2D eigenvalue weighted by Gasteiger charge is -2.01. The third-order valence-corrected chi connectivity index (χ3v) is 2.90. The van der Waals surface area contributed by atoms with Crippen molar-refractivity contribution in [2.24, 2.45) is 0 Å². The van der Waals surface area contributed by atoms with Crippen LogP contribution in [0.5, 0.6) is 5.75 Å². The molecule has 0 saturated carbocycles. The molecule has 1 aromatic carbocycles. The van der Waals surface area contributed by atoms with Crippen LogP contribution in [0.2, 0.25) is 0 Å². The van der Waals surface area contributed by atoms with Crippen molar-refractivity contribution in [2.75, 3.05) is 5.73 Å². The Hall–Kier alpha value is -1.49. The molecule has 1 aromatic rings. The minimum atomic E-state index is -3.49. The summed E-state index contributed by atoms with van der Waals surface area (Å²) in [6.45, 7) is 3.16. The zero-order chi connectivity index (χ0) is 10.1. The number of phenols is 1. The van der Waals surface area contributed by atoms with E-state index in [0.717, 1.165) is 11.5 Å². The van der Waals surface area contributed by atoms with E-state index < -0.39 is 9.84 Å². The van der Waals surface area contributed by atoms with E-state index >= 15 is 0 Å². The standard InChI is InChI=1S/C8H9NO3S/c1-2-13(11,12)6-3-4-7(9)8(10)5-6/h2-5,10H,1,9H2. The Morgan fingerprint density at radius 2 is 2.08 bits per heavy atom. The molecule has 0 amide bonds. The fourth-order valence-electron chi connectivity index (χ4n) is 0.797. The Balaban J connectivity index is 3.35. The second kappa shape index (κ2) is 3.10. The van der Waals surface area contributed by atoms with Crippen molar-refractivity contribution in [1.29, 1.82) is 0 Å². The summed E-state index contributed by atoms with van der Waals surface area (Å²) in [6.07, 6.45) is 0. The highest BCUT2D eigenvalue weighted by atomic mass is 32.2. The smallest absolute Gasteiger partial charge is 0.199 e. The number of phenolic OH excluding ortho intramolecular Hbond substituents is 1. The summed E-state index contributed by atoms with van der Waals surface area (Å²) in [4.78, 5) is -0.0193. The number of hydrogen-bond acceptors (Lipinski definition) is 4. The van der Waals surface area contributed by atoms with Crippen LogP contribution >= 0.6 is 0 Å². The van der Waals surface area contributed by atoms with Gasteiger partial charge < -0.3 is 10.8 Å². The first-order valence-corrected chi connectivity index (χ1v) is 4.98. The van der Waals surface area contributed by atoms with Crippen LogP contribution in [0.15, 0.2) is 35.1 Å². The van der Waals surface area contributed by atoms with E-state index in [9.17, 15) is 8.42 Å². The van der Waals surface area contributed by atoms with E-state index in [1.165, 1.54) is 12.1 Å². The molecular formula is C8H9NO3S. The average molecular weight is 199 g/mol. The third-order valence-electron chi connectivity index (χ3n) is 1.55. The molecule has 1 rings (SSSR count). The maximum Gasteiger partial charge on any atom is 0.199 e. The van der Waals surface area contributed by atoms with Gasteiger partial charge in [-0.1, -0.05) is 6.58 Å². The van der Waals surface area contributed by atoms with Gasteiger partial charge in [0.2, 0.25) is 0 Å². The van der Waals surface area contributed by atoms with Crippen LogP contribution in [-0.2, 0) is 9.84 Å². The summed E-state index contributed by atoms with van der Waals surface area (Å²) in [5.74, 6) is -0.247. The lowest BCUT2D eigenvalue weighted by Crippen LogP contribution is -1.96. The summed E-state index contributed by atoms with van der Waals surface area (Å²) < 4.78 is 22.4. The van der Waals surface area contributed by atoms with Crippen molar-refractivity contribution in [1.82, 2.24) is 0 Å². The van der Waals surface area contributed by atoms with Crippen molar-refractivity contribution >= 4 is 15.5 Å². The van der Waals surface area contributed by atoms with Crippen LogP contribution in [-0.4, -0.2) is 13.5 Å². The van der Waals surface area contributed by atoms with Gasteiger partial charge in [-0.15, -0.1) is 0 Å². The van der Waals surface area contributed by atoms with E-state index in [4.69, 9.17) is 10.8 Å². The van der Waals surface area contributed by atoms with E-state index in [-0.39, 0.29) is 16.3 Å². The predicted molar refractivity (Wildman–Crippen MR) is 49.9 cm³/mol. The predicted octanol–water partition coefficient (Wildman–Crippen LogP) is 0.892. The van der Waals surface area contributed by atoms with Crippen LogP contribution < -0.4 is 5.73 Å². The Bertz CT molecular complexity index is 437. The molecule has 0 heterocycles. The molecule has 0 aliphatic carbocycles. The van der Waals surface area contributed by atoms with Gasteiger partial charge in [0, 0.05) is 11.5 Å². The summed E-state index contributed by atoms with van der Waals surface area (Å²) in [7, 11) is -3.49. The molecule has 0 spiro atoms.